The molecule has 3 heterocycles. The number of pyridine rings is 1. The van der Waals surface area contributed by atoms with Crippen LogP contribution in [0.15, 0.2) is 57.6 Å². The second kappa shape index (κ2) is 4.02. The highest BCUT2D eigenvalue weighted by molar-refractivity contribution is 7.91. The first-order chi connectivity index (χ1) is 9.09. The summed E-state index contributed by atoms with van der Waals surface area (Å²) in [6.45, 7) is 0. The predicted octanol–water partition coefficient (Wildman–Crippen LogP) is 0.250. The van der Waals surface area contributed by atoms with Crippen molar-refractivity contribution in [2.24, 2.45) is 0 Å². The van der Waals surface area contributed by atoms with Crippen LogP contribution >= 0.6 is 0 Å². The van der Waals surface area contributed by atoms with Gasteiger partial charge in [-0.25, -0.2) is 18.5 Å². The van der Waals surface area contributed by atoms with Crippen molar-refractivity contribution in [1.82, 2.24) is 19.6 Å². The summed E-state index contributed by atoms with van der Waals surface area (Å²) in [4.78, 5) is 14.9. The van der Waals surface area contributed by atoms with E-state index >= 15 is 0 Å². The minimum atomic E-state index is -3.82. The van der Waals surface area contributed by atoms with E-state index in [1.54, 1.807) is 24.4 Å². The van der Waals surface area contributed by atoms with Crippen LogP contribution in [0.2, 0.25) is 0 Å². The molecule has 3 aromatic heterocycles. The molecule has 0 atom stereocenters. The van der Waals surface area contributed by atoms with E-state index in [1.807, 2.05) is 0 Å². The van der Waals surface area contributed by atoms with Crippen molar-refractivity contribution >= 4 is 15.5 Å². The quantitative estimate of drug-likeness (QED) is 0.723. The second-order valence-corrected chi connectivity index (χ2v) is 5.63. The van der Waals surface area contributed by atoms with Crippen molar-refractivity contribution in [3.8, 4) is 0 Å². The maximum absolute atomic E-state index is 12.4. The smallest absolute Gasteiger partial charge is 0.264 e. The Labute approximate surface area is 107 Å². The van der Waals surface area contributed by atoms with Crippen molar-refractivity contribution in [3.05, 3.63) is 53.1 Å². The fourth-order valence-electron chi connectivity index (χ4n) is 1.70. The molecule has 7 nitrogen and oxygen atoms in total. The summed E-state index contributed by atoms with van der Waals surface area (Å²) < 4.78 is 26.2. The normalized spacial score (nSPS) is 11.8. The average Bonchev–Trinajstić information content (AvgIpc) is 2.83. The third kappa shape index (κ3) is 1.82. The first-order valence-corrected chi connectivity index (χ1v) is 6.80. The molecule has 0 aliphatic carbocycles. The van der Waals surface area contributed by atoms with E-state index < -0.39 is 15.4 Å². The Morgan fingerprint density at radius 2 is 2.00 bits per heavy atom. The van der Waals surface area contributed by atoms with Crippen molar-refractivity contribution < 1.29 is 8.42 Å². The number of imidazole rings is 1. The van der Waals surface area contributed by atoms with E-state index in [0.29, 0.717) is 5.65 Å². The molecule has 0 saturated carbocycles. The number of hydrogen-bond acceptors (Lipinski definition) is 5. The van der Waals surface area contributed by atoms with E-state index in [-0.39, 0.29) is 10.1 Å². The summed E-state index contributed by atoms with van der Waals surface area (Å²) in [5, 5.41) is 5.43. The number of rotatable bonds is 2. The molecule has 96 valence electrons. The van der Waals surface area contributed by atoms with Crippen LogP contribution in [0.3, 0.4) is 0 Å². The van der Waals surface area contributed by atoms with Gasteiger partial charge in [0.15, 0.2) is 10.1 Å². The summed E-state index contributed by atoms with van der Waals surface area (Å²) in [6.07, 6.45) is 2.86. The van der Waals surface area contributed by atoms with Gasteiger partial charge in [-0.2, -0.15) is 5.10 Å². The molecule has 0 radical (unpaired) electrons. The first kappa shape index (κ1) is 11.6. The van der Waals surface area contributed by atoms with Gasteiger partial charge in [-0.15, -0.1) is 0 Å². The number of hydrogen-bond donors (Lipinski definition) is 1. The third-order valence-corrected chi connectivity index (χ3v) is 4.22. The molecule has 0 fully saturated rings. The molecule has 0 aliphatic rings. The molecule has 3 rings (SSSR count). The number of nitrogens with zero attached hydrogens (tertiary/aromatic N) is 3. The molecule has 0 aliphatic heterocycles. The van der Waals surface area contributed by atoms with E-state index in [9.17, 15) is 13.2 Å². The number of aromatic nitrogens is 4. The van der Waals surface area contributed by atoms with Crippen molar-refractivity contribution in [3.63, 3.8) is 0 Å². The zero-order chi connectivity index (χ0) is 13.5. The molecule has 0 unspecified atom stereocenters. The zero-order valence-corrected chi connectivity index (χ0v) is 10.3. The van der Waals surface area contributed by atoms with Crippen molar-refractivity contribution in [2.45, 2.75) is 10.1 Å². The van der Waals surface area contributed by atoms with Crippen molar-refractivity contribution in [1.29, 1.82) is 0 Å². The summed E-state index contributed by atoms with van der Waals surface area (Å²) in [5.74, 6) is 0. The molecule has 0 spiro atoms. The second-order valence-electron chi connectivity index (χ2n) is 3.79. The van der Waals surface area contributed by atoms with E-state index in [1.165, 1.54) is 10.6 Å². The van der Waals surface area contributed by atoms with Crippen LogP contribution in [0.5, 0.6) is 0 Å². The third-order valence-electron chi connectivity index (χ3n) is 2.59. The van der Waals surface area contributed by atoms with Gasteiger partial charge in [0.25, 0.3) is 5.56 Å². The fraction of sp³-hybridized carbons (Fsp3) is 0. The van der Waals surface area contributed by atoms with E-state index in [2.05, 4.69) is 15.2 Å². The molecule has 19 heavy (non-hydrogen) atoms. The minimum Gasteiger partial charge on any atom is -0.290 e. The Balaban J connectivity index is 2.25. The van der Waals surface area contributed by atoms with Crippen LogP contribution in [0, 0.1) is 0 Å². The minimum absolute atomic E-state index is 0.00245. The van der Waals surface area contributed by atoms with Gasteiger partial charge in [0.1, 0.15) is 5.65 Å². The van der Waals surface area contributed by atoms with Gasteiger partial charge in [0.05, 0.1) is 6.20 Å². The highest BCUT2D eigenvalue weighted by Gasteiger charge is 2.23. The Morgan fingerprint density at radius 1 is 1.16 bits per heavy atom. The molecule has 3 aromatic rings. The van der Waals surface area contributed by atoms with Gasteiger partial charge in [-0.05, 0) is 18.2 Å². The lowest BCUT2D eigenvalue weighted by molar-refractivity contribution is 0.585. The Bertz CT molecular complexity index is 890. The molecule has 0 amide bonds. The lowest BCUT2D eigenvalue weighted by atomic mass is 10.5. The highest BCUT2D eigenvalue weighted by atomic mass is 32.2. The Hall–Kier alpha value is -2.48. The van der Waals surface area contributed by atoms with Crippen LogP contribution < -0.4 is 5.56 Å². The van der Waals surface area contributed by atoms with E-state index in [0.717, 1.165) is 12.1 Å². The van der Waals surface area contributed by atoms with Gasteiger partial charge < -0.3 is 0 Å². The number of H-pyrrole nitrogens is 1. The van der Waals surface area contributed by atoms with Crippen LogP contribution in [0.4, 0.5) is 0 Å². The summed E-state index contributed by atoms with van der Waals surface area (Å²) >= 11 is 0. The largest absolute Gasteiger partial charge is 0.290 e. The molecular formula is C11H8N4O3S. The summed E-state index contributed by atoms with van der Waals surface area (Å²) in [7, 11) is -3.82. The summed E-state index contributed by atoms with van der Waals surface area (Å²) in [5.41, 5.74) is 0.0580. The predicted molar refractivity (Wildman–Crippen MR) is 65.5 cm³/mol. The van der Waals surface area contributed by atoms with Crippen LogP contribution in [0.25, 0.3) is 5.65 Å². The Morgan fingerprint density at radius 3 is 2.74 bits per heavy atom. The maximum Gasteiger partial charge on any atom is 0.264 e. The maximum atomic E-state index is 12.4. The monoisotopic (exact) mass is 276 g/mol. The summed E-state index contributed by atoms with van der Waals surface area (Å²) in [6, 6.07) is 7.43. The van der Waals surface area contributed by atoms with Gasteiger partial charge in [-0.1, -0.05) is 6.07 Å². The molecule has 0 aromatic carbocycles. The first-order valence-electron chi connectivity index (χ1n) is 5.32. The molecule has 8 heteroatoms. The lowest BCUT2D eigenvalue weighted by Crippen LogP contribution is -2.13. The number of nitrogens with one attached hydrogen (secondary N) is 1. The van der Waals surface area contributed by atoms with Crippen LogP contribution in [-0.4, -0.2) is 28.0 Å². The fourth-order valence-corrected chi connectivity index (χ4v) is 2.93. The highest BCUT2D eigenvalue weighted by Crippen LogP contribution is 2.18. The topological polar surface area (TPSA) is 97.2 Å². The standard InChI is InChI=1S/C11H8N4O3S/c16-9-4-5-10(14-13-9)19(17,18)11-7-12-8-3-1-2-6-15(8)11/h1-7H,(H,13,16). The zero-order valence-electron chi connectivity index (χ0n) is 9.52. The number of fused-ring (bicyclic) bond motifs is 1. The molecule has 0 bridgehead atoms. The molecular weight excluding hydrogens is 268 g/mol. The van der Waals surface area contributed by atoms with Gasteiger partial charge in [-0.3, -0.25) is 9.20 Å². The number of aromatic amines is 1. The van der Waals surface area contributed by atoms with Gasteiger partial charge in [0, 0.05) is 12.3 Å². The number of sulfone groups is 1. The average molecular weight is 276 g/mol. The van der Waals surface area contributed by atoms with Crippen LogP contribution in [0.1, 0.15) is 0 Å². The van der Waals surface area contributed by atoms with Crippen molar-refractivity contribution in [2.75, 3.05) is 0 Å². The van der Waals surface area contributed by atoms with Gasteiger partial charge >= 0.3 is 0 Å². The lowest BCUT2D eigenvalue weighted by Gasteiger charge is -2.02. The molecule has 0 saturated heterocycles. The van der Waals surface area contributed by atoms with Gasteiger partial charge in [0.2, 0.25) is 9.84 Å². The SMILES string of the molecule is O=c1ccc(S(=O)(=O)c2cnc3ccccn23)n[nH]1. The Kier molecular flexibility index (Phi) is 2.46. The molecule has 1 N–H and O–H groups in total. The van der Waals surface area contributed by atoms with Crippen LogP contribution in [-0.2, 0) is 9.84 Å². The van der Waals surface area contributed by atoms with E-state index in [4.69, 9.17) is 0 Å².